The van der Waals surface area contributed by atoms with Crippen LogP contribution in [0.4, 0.5) is 4.39 Å². The highest BCUT2D eigenvalue weighted by atomic mass is 19.1. The quantitative estimate of drug-likeness (QED) is 0.115. The van der Waals surface area contributed by atoms with Crippen LogP contribution in [0.15, 0.2) is 96.4 Å². The zero-order valence-electron chi connectivity index (χ0n) is 23.6. The second kappa shape index (κ2) is 12.9. The summed E-state index contributed by atoms with van der Waals surface area (Å²) in [5.74, 6) is 1.50. The summed E-state index contributed by atoms with van der Waals surface area (Å²) in [6.45, 7) is 3.64. The normalized spacial score (nSPS) is 14.8. The van der Waals surface area contributed by atoms with E-state index in [4.69, 9.17) is 14.6 Å². The van der Waals surface area contributed by atoms with E-state index >= 15 is 0 Å². The van der Waals surface area contributed by atoms with E-state index in [-0.39, 0.29) is 5.82 Å². The van der Waals surface area contributed by atoms with Gasteiger partial charge in [-0.1, -0.05) is 17.3 Å². The molecule has 6 rings (SSSR count). The lowest BCUT2D eigenvalue weighted by molar-refractivity contribution is 0.183. The molecule has 1 aliphatic heterocycles. The van der Waals surface area contributed by atoms with Crippen molar-refractivity contribution in [2.45, 2.75) is 19.3 Å². The van der Waals surface area contributed by atoms with Crippen LogP contribution in [0.3, 0.4) is 0 Å². The van der Waals surface area contributed by atoms with Gasteiger partial charge < -0.3 is 14.5 Å². The van der Waals surface area contributed by atoms with Gasteiger partial charge in [0.15, 0.2) is 5.82 Å². The summed E-state index contributed by atoms with van der Waals surface area (Å²) in [5.41, 5.74) is 4.85. The molecule has 42 heavy (non-hydrogen) atoms. The maximum Gasteiger partial charge on any atom is 0.164 e. The Balaban J connectivity index is 1.04. The highest BCUT2D eigenvalue weighted by Gasteiger charge is 2.25. The Morgan fingerprint density at radius 1 is 0.952 bits per heavy atom. The van der Waals surface area contributed by atoms with Crippen LogP contribution in [-0.4, -0.2) is 63.5 Å². The lowest BCUT2D eigenvalue weighted by atomic mass is 9.90. The molecule has 0 amide bonds. The number of likely N-dealkylation sites (tertiary alicyclic amines) is 1. The highest BCUT2D eigenvalue weighted by Crippen LogP contribution is 2.29. The van der Waals surface area contributed by atoms with Gasteiger partial charge in [-0.25, -0.2) is 9.37 Å². The Morgan fingerprint density at radius 3 is 2.45 bits per heavy atom. The van der Waals surface area contributed by atoms with Gasteiger partial charge in [-0.15, -0.1) is 0 Å². The fraction of sp³-hybridized carbons (Fsp3) is 0.273. The summed E-state index contributed by atoms with van der Waals surface area (Å²) >= 11 is 0. The van der Waals surface area contributed by atoms with E-state index in [1.807, 2.05) is 65.2 Å². The summed E-state index contributed by atoms with van der Waals surface area (Å²) in [6, 6.07) is 24.2. The van der Waals surface area contributed by atoms with Gasteiger partial charge in [-0.3, -0.25) is 14.5 Å². The summed E-state index contributed by atoms with van der Waals surface area (Å²) in [4.78, 5) is 21.3. The molecule has 0 spiro atoms. The number of hydrogen-bond acceptors (Lipinski definition) is 7. The predicted octanol–water partition coefficient (Wildman–Crippen LogP) is 6.15. The van der Waals surface area contributed by atoms with Gasteiger partial charge in [0.1, 0.15) is 30.1 Å². The maximum absolute atomic E-state index is 13.9. The molecule has 9 heteroatoms. The third-order valence-electron chi connectivity index (χ3n) is 7.58. The minimum absolute atomic E-state index is 0.318. The van der Waals surface area contributed by atoms with Gasteiger partial charge in [0.05, 0.1) is 23.3 Å². The maximum atomic E-state index is 13.9. The fourth-order valence-corrected chi connectivity index (χ4v) is 5.52. The number of pyridine rings is 2. The lowest BCUT2D eigenvalue weighted by Gasteiger charge is -2.32. The van der Waals surface area contributed by atoms with E-state index in [1.165, 1.54) is 12.1 Å². The predicted molar refractivity (Wildman–Crippen MR) is 161 cm³/mol. The van der Waals surface area contributed by atoms with Gasteiger partial charge in [-0.2, -0.15) is 0 Å². The molecule has 1 aliphatic rings. The van der Waals surface area contributed by atoms with Crippen LogP contribution in [0, 0.1) is 11.7 Å². The Hall–Kier alpha value is -4.63. The summed E-state index contributed by atoms with van der Waals surface area (Å²) in [6.07, 6.45) is 6.51. The second-order valence-electron chi connectivity index (χ2n) is 10.3. The van der Waals surface area contributed by atoms with E-state index in [2.05, 4.69) is 20.0 Å². The number of oxime groups is 1. The van der Waals surface area contributed by atoms with E-state index < -0.39 is 0 Å². The number of aromatic nitrogens is 4. The van der Waals surface area contributed by atoms with Crippen molar-refractivity contribution in [1.29, 1.82) is 0 Å². The number of rotatable bonds is 10. The Labute approximate surface area is 244 Å². The molecule has 3 aromatic heterocycles. The molecule has 214 valence electrons. The van der Waals surface area contributed by atoms with Gasteiger partial charge in [0.2, 0.25) is 0 Å². The first-order chi connectivity index (χ1) is 20.7. The number of ether oxygens (including phenoxy) is 1. The highest BCUT2D eigenvalue weighted by molar-refractivity contribution is 6.00. The van der Waals surface area contributed by atoms with Crippen molar-refractivity contribution in [2.24, 2.45) is 11.1 Å². The molecule has 2 aromatic carbocycles. The van der Waals surface area contributed by atoms with Crippen LogP contribution < -0.4 is 4.74 Å². The van der Waals surface area contributed by atoms with E-state index in [9.17, 15) is 4.39 Å². The number of benzene rings is 2. The lowest BCUT2D eigenvalue weighted by Crippen LogP contribution is -2.37. The second-order valence-corrected chi connectivity index (χ2v) is 10.3. The number of imidazole rings is 1. The summed E-state index contributed by atoms with van der Waals surface area (Å²) < 4.78 is 22.0. The summed E-state index contributed by atoms with van der Waals surface area (Å²) in [5, 5.41) is 4.31. The molecule has 0 saturated carbocycles. The molecule has 1 saturated heterocycles. The first kappa shape index (κ1) is 27.5. The molecular weight excluding hydrogens is 531 g/mol. The standard InChI is InChI=1S/C33H33FN6O2/c1-41-38-32(28-7-2-4-17-35-28)24-15-20-39(21-16-24)19-6-22-42-27-12-10-26(11-13-27)40-31-14-9-25(34)23-30(31)37-33(40)29-8-3-5-18-36-29/h2-5,7-14,17-18,23-24H,6,15-16,19-22H2,1H3/b38-32+. The first-order valence-electron chi connectivity index (χ1n) is 14.3. The van der Waals surface area contributed by atoms with Gasteiger partial charge in [0, 0.05) is 36.6 Å². The van der Waals surface area contributed by atoms with E-state index in [0.29, 0.717) is 23.9 Å². The number of halogens is 1. The van der Waals surface area contributed by atoms with Crippen LogP contribution in [0.5, 0.6) is 5.75 Å². The van der Waals surface area contributed by atoms with Crippen LogP contribution in [0.25, 0.3) is 28.2 Å². The summed E-state index contributed by atoms with van der Waals surface area (Å²) in [7, 11) is 1.59. The topological polar surface area (TPSA) is 77.7 Å². The van der Waals surface area contributed by atoms with Crippen LogP contribution in [0.2, 0.25) is 0 Å². The largest absolute Gasteiger partial charge is 0.494 e. The van der Waals surface area contributed by atoms with Crippen LogP contribution >= 0.6 is 0 Å². The van der Waals surface area contributed by atoms with Crippen molar-refractivity contribution in [1.82, 2.24) is 24.4 Å². The number of hydrogen-bond donors (Lipinski definition) is 0. The molecule has 1 fully saturated rings. The Kier molecular flexibility index (Phi) is 8.46. The average Bonchev–Trinajstić information content (AvgIpc) is 3.42. The Morgan fingerprint density at radius 2 is 1.74 bits per heavy atom. The molecular formula is C33H33FN6O2. The van der Waals surface area contributed by atoms with Crippen molar-refractivity contribution < 1.29 is 14.0 Å². The van der Waals surface area contributed by atoms with Gasteiger partial charge >= 0.3 is 0 Å². The van der Waals surface area contributed by atoms with Gasteiger partial charge in [0.25, 0.3) is 0 Å². The molecule has 0 aliphatic carbocycles. The monoisotopic (exact) mass is 564 g/mol. The number of piperidine rings is 1. The first-order valence-corrected chi connectivity index (χ1v) is 14.3. The molecule has 8 nitrogen and oxygen atoms in total. The third-order valence-corrected chi connectivity index (χ3v) is 7.58. The van der Waals surface area contributed by atoms with Crippen LogP contribution in [-0.2, 0) is 4.84 Å². The van der Waals surface area contributed by atoms with Gasteiger partial charge in [-0.05, 0) is 93.0 Å². The number of fused-ring (bicyclic) bond motifs is 1. The van der Waals surface area contributed by atoms with Crippen molar-refractivity contribution in [3.63, 3.8) is 0 Å². The van der Waals surface area contributed by atoms with E-state index in [1.54, 1.807) is 25.6 Å². The minimum atomic E-state index is -0.318. The SMILES string of the molecule is CO/N=C(/c1ccccn1)C1CCN(CCCOc2ccc(-n3c(-c4ccccn4)nc4cc(F)ccc43)cc2)CC1. The molecule has 0 atom stereocenters. The molecule has 0 radical (unpaired) electrons. The molecule has 0 unspecified atom stereocenters. The zero-order valence-corrected chi connectivity index (χ0v) is 23.6. The third kappa shape index (κ3) is 6.16. The minimum Gasteiger partial charge on any atom is -0.494 e. The van der Waals surface area contributed by atoms with Crippen molar-refractivity contribution in [3.8, 4) is 23.0 Å². The molecule has 4 heterocycles. The van der Waals surface area contributed by atoms with Crippen molar-refractivity contribution in [3.05, 3.63) is 103 Å². The van der Waals surface area contributed by atoms with Crippen molar-refractivity contribution in [2.75, 3.05) is 33.4 Å². The fourth-order valence-electron chi connectivity index (χ4n) is 5.52. The van der Waals surface area contributed by atoms with E-state index in [0.717, 1.165) is 72.9 Å². The average molecular weight is 565 g/mol. The number of nitrogens with zero attached hydrogens (tertiary/aromatic N) is 6. The molecule has 0 bridgehead atoms. The van der Waals surface area contributed by atoms with Crippen LogP contribution in [0.1, 0.15) is 25.0 Å². The Bertz CT molecular complexity index is 1630. The zero-order chi connectivity index (χ0) is 28.7. The smallest absolute Gasteiger partial charge is 0.164 e. The molecule has 5 aromatic rings. The molecule has 0 N–H and O–H groups in total. The van der Waals surface area contributed by atoms with Crippen molar-refractivity contribution >= 4 is 16.7 Å².